The van der Waals surface area contributed by atoms with Crippen molar-refractivity contribution in [1.29, 1.82) is 0 Å². The zero-order valence-corrected chi connectivity index (χ0v) is 18.7. The smallest absolute Gasteiger partial charge is 0.252 e. The number of carbonyl (C=O) groups excluding carboxylic acids is 1. The molecule has 1 aliphatic heterocycles. The molecule has 0 saturated carbocycles. The van der Waals surface area contributed by atoms with Gasteiger partial charge in [-0.1, -0.05) is 20.8 Å². The van der Waals surface area contributed by atoms with E-state index in [1.165, 1.54) is 21.3 Å². The summed E-state index contributed by atoms with van der Waals surface area (Å²) < 4.78 is 26.2. The van der Waals surface area contributed by atoms with E-state index in [2.05, 4.69) is 20.4 Å². The molecule has 3 rings (SSSR count). The number of sulfonamides is 1. The van der Waals surface area contributed by atoms with Crippen molar-refractivity contribution < 1.29 is 13.2 Å². The van der Waals surface area contributed by atoms with Crippen molar-refractivity contribution >= 4 is 21.7 Å². The fourth-order valence-electron chi connectivity index (χ4n) is 3.34. The molecule has 0 spiro atoms. The van der Waals surface area contributed by atoms with E-state index in [0.29, 0.717) is 37.4 Å². The fourth-order valence-corrected chi connectivity index (χ4v) is 4.21. The lowest BCUT2D eigenvalue weighted by Crippen LogP contribution is -2.41. The number of hydrogen-bond donors (Lipinski definition) is 2. The predicted molar refractivity (Wildman–Crippen MR) is 113 cm³/mol. The minimum absolute atomic E-state index is 0.209. The molecule has 2 aromatic heterocycles. The summed E-state index contributed by atoms with van der Waals surface area (Å²) in [5.41, 5.74) is 0.673. The molecule has 1 saturated heterocycles. The molecule has 10 nitrogen and oxygen atoms in total. The van der Waals surface area contributed by atoms with Crippen molar-refractivity contribution in [2.45, 2.75) is 46.0 Å². The first-order chi connectivity index (χ1) is 13.8. The number of aromatic amines is 1. The molecule has 0 unspecified atom stereocenters. The number of hydrogen-bond acceptors (Lipinski definition) is 6. The van der Waals surface area contributed by atoms with Gasteiger partial charge in [0.15, 0.2) is 0 Å². The molecular weight excluding hydrogens is 408 g/mol. The molecule has 164 valence electrons. The first-order valence-corrected chi connectivity index (χ1v) is 11.6. The zero-order chi connectivity index (χ0) is 22.3. The van der Waals surface area contributed by atoms with Crippen molar-refractivity contribution in [1.82, 2.24) is 24.1 Å². The first-order valence-electron chi connectivity index (χ1n) is 9.79. The van der Waals surface area contributed by atoms with E-state index < -0.39 is 10.0 Å². The highest BCUT2D eigenvalue weighted by Gasteiger charge is 2.30. The van der Waals surface area contributed by atoms with E-state index in [1.54, 1.807) is 13.0 Å². The number of aryl methyl sites for hydroxylation is 1. The van der Waals surface area contributed by atoms with Gasteiger partial charge in [-0.05, 0) is 19.8 Å². The molecule has 1 amide bonds. The first kappa shape index (κ1) is 22.2. The Morgan fingerprint density at radius 1 is 1.23 bits per heavy atom. The van der Waals surface area contributed by atoms with E-state index in [0.717, 1.165) is 5.69 Å². The largest absolute Gasteiger partial charge is 0.310 e. The van der Waals surface area contributed by atoms with Gasteiger partial charge in [0.25, 0.3) is 5.56 Å². The second-order valence-electron chi connectivity index (χ2n) is 8.71. The third-order valence-corrected chi connectivity index (χ3v) is 6.38. The number of aromatic nitrogens is 4. The zero-order valence-electron chi connectivity index (χ0n) is 17.9. The van der Waals surface area contributed by atoms with Gasteiger partial charge in [-0.3, -0.25) is 14.6 Å². The number of nitrogens with zero attached hydrogens (tertiary/aromatic N) is 4. The maximum Gasteiger partial charge on any atom is 0.252 e. The van der Waals surface area contributed by atoms with Crippen LogP contribution in [0.1, 0.15) is 45.0 Å². The van der Waals surface area contributed by atoms with Crippen LogP contribution in [0.5, 0.6) is 0 Å². The van der Waals surface area contributed by atoms with Gasteiger partial charge in [-0.25, -0.2) is 17.7 Å². The van der Waals surface area contributed by atoms with Crippen molar-refractivity contribution in [2.24, 2.45) is 5.92 Å². The Labute approximate surface area is 175 Å². The average molecular weight is 437 g/mol. The summed E-state index contributed by atoms with van der Waals surface area (Å²) in [6, 6.07) is 3.15. The molecule has 0 radical (unpaired) electrons. The van der Waals surface area contributed by atoms with Crippen LogP contribution in [-0.2, 0) is 20.2 Å². The van der Waals surface area contributed by atoms with Crippen LogP contribution >= 0.6 is 0 Å². The van der Waals surface area contributed by atoms with Gasteiger partial charge in [0.05, 0.1) is 11.9 Å². The quantitative estimate of drug-likeness (QED) is 0.740. The minimum atomic E-state index is -3.25. The number of H-pyrrole nitrogens is 1. The second kappa shape index (κ2) is 7.95. The van der Waals surface area contributed by atoms with Crippen LogP contribution in [0.4, 0.5) is 5.82 Å². The fraction of sp³-hybridized carbons (Fsp3) is 0.579. The highest BCUT2D eigenvalue weighted by atomic mass is 32.2. The van der Waals surface area contributed by atoms with Crippen molar-refractivity contribution in [3.63, 3.8) is 0 Å². The Kier molecular flexibility index (Phi) is 5.87. The topological polar surface area (TPSA) is 130 Å². The maximum absolute atomic E-state index is 12.9. The van der Waals surface area contributed by atoms with E-state index in [9.17, 15) is 18.0 Å². The predicted octanol–water partition coefficient (Wildman–Crippen LogP) is 1.17. The van der Waals surface area contributed by atoms with E-state index in [4.69, 9.17) is 0 Å². The SMILES string of the molecule is Cc1cc(=O)[nH]c(-n2nc(C(C)(C)C)cc2NC(=O)C2CCN(S(C)(=O)=O)CC2)n1. The third-order valence-electron chi connectivity index (χ3n) is 5.08. The molecule has 3 heterocycles. The van der Waals surface area contributed by atoms with Crippen LogP contribution in [0.15, 0.2) is 16.9 Å². The summed E-state index contributed by atoms with van der Waals surface area (Å²) >= 11 is 0. The number of rotatable bonds is 4. The molecule has 30 heavy (non-hydrogen) atoms. The molecule has 0 aliphatic carbocycles. The van der Waals surface area contributed by atoms with Crippen LogP contribution in [0, 0.1) is 12.8 Å². The highest BCUT2D eigenvalue weighted by molar-refractivity contribution is 7.88. The number of nitrogens with one attached hydrogen (secondary N) is 2. The third kappa shape index (κ3) is 4.96. The van der Waals surface area contributed by atoms with Gasteiger partial charge in [0, 0.05) is 42.2 Å². The van der Waals surface area contributed by atoms with Crippen LogP contribution in [0.2, 0.25) is 0 Å². The molecule has 1 fully saturated rings. The van der Waals surface area contributed by atoms with Gasteiger partial charge in [0.1, 0.15) is 5.82 Å². The van der Waals surface area contributed by atoms with Gasteiger partial charge in [0.2, 0.25) is 21.9 Å². The lowest BCUT2D eigenvalue weighted by Gasteiger charge is -2.29. The average Bonchev–Trinajstić information content (AvgIpc) is 3.04. The lowest BCUT2D eigenvalue weighted by atomic mass is 9.92. The summed E-state index contributed by atoms with van der Waals surface area (Å²) in [4.78, 5) is 31.8. The molecule has 2 N–H and O–H groups in total. The Bertz CT molecular complexity index is 1100. The molecule has 0 atom stereocenters. The maximum atomic E-state index is 12.9. The van der Waals surface area contributed by atoms with E-state index in [1.807, 2.05) is 20.8 Å². The van der Waals surface area contributed by atoms with Crippen LogP contribution in [0.25, 0.3) is 5.95 Å². The lowest BCUT2D eigenvalue weighted by molar-refractivity contribution is -0.120. The van der Waals surface area contributed by atoms with E-state index >= 15 is 0 Å². The molecule has 0 bridgehead atoms. The standard InChI is InChI=1S/C19H28N6O4S/c1-12-10-16(26)22-18(20-12)25-15(11-14(23-25)19(2,3)4)21-17(27)13-6-8-24(9-7-13)30(5,28)29/h10-11,13H,6-9H2,1-5H3,(H,21,27)(H,20,22,26). The summed E-state index contributed by atoms with van der Waals surface area (Å²) in [5.74, 6) is 0.107. The summed E-state index contributed by atoms with van der Waals surface area (Å²) in [5, 5.41) is 7.45. The van der Waals surface area contributed by atoms with Crippen molar-refractivity contribution in [2.75, 3.05) is 24.7 Å². The number of amides is 1. The molecule has 1 aliphatic rings. The Morgan fingerprint density at radius 2 is 1.87 bits per heavy atom. The Hall–Kier alpha value is -2.53. The molecule has 2 aromatic rings. The van der Waals surface area contributed by atoms with Crippen LogP contribution < -0.4 is 10.9 Å². The molecular formula is C19H28N6O4S. The second-order valence-corrected chi connectivity index (χ2v) is 10.7. The van der Waals surface area contributed by atoms with Gasteiger partial charge >= 0.3 is 0 Å². The van der Waals surface area contributed by atoms with Crippen LogP contribution in [0.3, 0.4) is 0 Å². The summed E-state index contributed by atoms with van der Waals surface area (Å²) in [7, 11) is -3.25. The Balaban J connectivity index is 1.87. The normalized spacial score (nSPS) is 16.6. The minimum Gasteiger partial charge on any atom is -0.310 e. The van der Waals surface area contributed by atoms with Crippen molar-refractivity contribution in [3.05, 3.63) is 33.9 Å². The number of carbonyl (C=O) groups is 1. The monoisotopic (exact) mass is 436 g/mol. The number of anilines is 1. The Morgan fingerprint density at radius 3 is 2.40 bits per heavy atom. The van der Waals surface area contributed by atoms with E-state index in [-0.39, 0.29) is 28.7 Å². The van der Waals surface area contributed by atoms with Gasteiger partial charge < -0.3 is 5.32 Å². The number of piperidine rings is 1. The highest BCUT2D eigenvalue weighted by Crippen LogP contribution is 2.27. The molecule has 0 aromatic carbocycles. The van der Waals surface area contributed by atoms with Gasteiger partial charge in [-0.2, -0.15) is 9.78 Å². The van der Waals surface area contributed by atoms with Crippen molar-refractivity contribution in [3.8, 4) is 5.95 Å². The molecule has 11 heteroatoms. The van der Waals surface area contributed by atoms with Crippen LogP contribution in [-0.4, -0.2) is 57.7 Å². The summed E-state index contributed by atoms with van der Waals surface area (Å²) in [6.07, 6.45) is 2.06. The van der Waals surface area contributed by atoms with Gasteiger partial charge in [-0.15, -0.1) is 0 Å². The summed E-state index contributed by atoms with van der Waals surface area (Å²) in [6.45, 7) is 8.34.